The molecule has 0 aliphatic carbocycles. The Morgan fingerprint density at radius 3 is 2.23 bits per heavy atom. The summed E-state index contributed by atoms with van der Waals surface area (Å²) >= 11 is 0. The van der Waals surface area contributed by atoms with Crippen LogP contribution in [-0.2, 0) is 19.6 Å². The fourth-order valence-corrected chi connectivity index (χ4v) is 4.46. The Kier molecular flexibility index (Phi) is 7.75. The van der Waals surface area contributed by atoms with Gasteiger partial charge >= 0.3 is 5.97 Å². The van der Waals surface area contributed by atoms with Crippen molar-refractivity contribution in [3.63, 3.8) is 0 Å². The van der Waals surface area contributed by atoms with Gasteiger partial charge in [0.2, 0.25) is 10.0 Å². The van der Waals surface area contributed by atoms with Gasteiger partial charge in [0.1, 0.15) is 0 Å². The Bertz CT molecular complexity index is 993. The zero-order valence-corrected chi connectivity index (χ0v) is 18.5. The highest BCUT2D eigenvalue weighted by atomic mass is 32.2. The molecule has 1 amide bonds. The Labute approximate surface area is 177 Å². The van der Waals surface area contributed by atoms with Crippen LogP contribution in [0.4, 0.5) is 0 Å². The number of carbonyl (C=O) groups is 2. The second-order valence-electron chi connectivity index (χ2n) is 7.74. The first-order valence-corrected chi connectivity index (χ1v) is 11.2. The Morgan fingerprint density at radius 2 is 1.63 bits per heavy atom. The van der Waals surface area contributed by atoms with E-state index in [1.54, 1.807) is 76.2 Å². The first-order chi connectivity index (χ1) is 14.0. The van der Waals surface area contributed by atoms with E-state index >= 15 is 0 Å². The van der Waals surface area contributed by atoms with E-state index in [1.807, 2.05) is 0 Å². The lowest BCUT2D eigenvalue weighted by atomic mass is 10.0. The third-order valence-electron chi connectivity index (χ3n) is 4.00. The smallest absolute Gasteiger partial charge is 0.307 e. The topological polar surface area (TPSA) is 102 Å². The molecule has 0 heterocycles. The van der Waals surface area contributed by atoms with Crippen molar-refractivity contribution in [2.75, 3.05) is 13.2 Å². The molecule has 0 radical (unpaired) electrons. The monoisotopic (exact) mass is 432 g/mol. The van der Waals surface area contributed by atoms with Gasteiger partial charge in [-0.3, -0.25) is 9.59 Å². The molecular formula is C22H28N2O5S. The van der Waals surface area contributed by atoms with E-state index < -0.39 is 15.6 Å². The summed E-state index contributed by atoms with van der Waals surface area (Å²) in [5, 5.41) is 2.66. The van der Waals surface area contributed by atoms with Gasteiger partial charge in [-0.2, -0.15) is 0 Å². The number of hydrogen-bond donors (Lipinski definition) is 2. The number of sulfonamides is 1. The van der Waals surface area contributed by atoms with Gasteiger partial charge < -0.3 is 10.1 Å². The van der Waals surface area contributed by atoms with Crippen molar-refractivity contribution in [1.29, 1.82) is 0 Å². The van der Waals surface area contributed by atoms with Crippen LogP contribution in [0.2, 0.25) is 0 Å². The third-order valence-corrected chi connectivity index (χ3v) is 5.81. The average Bonchev–Trinajstić information content (AvgIpc) is 2.66. The van der Waals surface area contributed by atoms with Gasteiger partial charge in [-0.15, -0.1) is 0 Å². The van der Waals surface area contributed by atoms with Gasteiger partial charge in [-0.1, -0.05) is 30.3 Å². The van der Waals surface area contributed by atoms with Crippen LogP contribution < -0.4 is 10.0 Å². The lowest BCUT2D eigenvalue weighted by Gasteiger charge is -2.21. The molecule has 0 bridgehead atoms. The fourth-order valence-electron chi connectivity index (χ4n) is 2.81. The number of hydrogen-bond acceptors (Lipinski definition) is 5. The minimum Gasteiger partial charge on any atom is -0.466 e. The summed E-state index contributed by atoms with van der Waals surface area (Å²) in [4.78, 5) is 23.8. The van der Waals surface area contributed by atoms with E-state index in [0.29, 0.717) is 23.3 Å². The number of nitrogens with one attached hydrogen (secondary N) is 2. The number of amides is 1. The van der Waals surface area contributed by atoms with Crippen LogP contribution in [0.3, 0.4) is 0 Å². The molecule has 2 aromatic carbocycles. The minimum absolute atomic E-state index is 0.101. The number of ether oxygens (including phenoxy) is 1. The SMILES string of the molecule is CCOC(=O)CCNC(=O)c1ccc(-c2ccccc2S(=O)(=O)NC(C)(C)C)cc1. The van der Waals surface area contributed by atoms with Crippen LogP contribution in [0.25, 0.3) is 11.1 Å². The Hall–Kier alpha value is -2.71. The van der Waals surface area contributed by atoms with E-state index in [0.717, 1.165) is 0 Å². The molecule has 2 aromatic rings. The molecule has 8 heteroatoms. The predicted molar refractivity (Wildman–Crippen MR) is 116 cm³/mol. The van der Waals surface area contributed by atoms with Gasteiger partial charge in [-0.25, -0.2) is 13.1 Å². The molecule has 0 atom stereocenters. The Balaban J connectivity index is 2.18. The van der Waals surface area contributed by atoms with Crippen molar-refractivity contribution in [3.05, 3.63) is 54.1 Å². The highest BCUT2D eigenvalue weighted by Crippen LogP contribution is 2.28. The maximum atomic E-state index is 12.8. The summed E-state index contributed by atoms with van der Waals surface area (Å²) in [5.41, 5.74) is 1.02. The van der Waals surface area contributed by atoms with Crippen LogP contribution in [0, 0.1) is 0 Å². The molecule has 162 valence electrons. The van der Waals surface area contributed by atoms with E-state index in [4.69, 9.17) is 4.74 Å². The van der Waals surface area contributed by atoms with Gasteiger partial charge in [0.15, 0.2) is 0 Å². The zero-order valence-electron chi connectivity index (χ0n) is 17.7. The standard InChI is InChI=1S/C22H28N2O5S/c1-5-29-20(25)14-15-23-21(26)17-12-10-16(11-13-17)18-8-6-7-9-19(18)30(27,28)24-22(2,3)4/h6-13,24H,5,14-15H2,1-4H3,(H,23,26). The maximum Gasteiger partial charge on any atom is 0.307 e. The normalized spacial score (nSPS) is 11.7. The average molecular weight is 433 g/mol. The number of esters is 1. The second kappa shape index (κ2) is 9.86. The molecular weight excluding hydrogens is 404 g/mol. The summed E-state index contributed by atoms with van der Waals surface area (Å²) in [6.07, 6.45) is 0.101. The summed E-state index contributed by atoms with van der Waals surface area (Å²) in [6.45, 7) is 7.55. The van der Waals surface area contributed by atoms with Crippen LogP contribution >= 0.6 is 0 Å². The van der Waals surface area contributed by atoms with E-state index in [1.165, 1.54) is 0 Å². The molecule has 0 saturated carbocycles. The van der Waals surface area contributed by atoms with E-state index in [-0.39, 0.29) is 29.7 Å². The number of benzene rings is 2. The molecule has 0 spiro atoms. The highest BCUT2D eigenvalue weighted by Gasteiger charge is 2.24. The first-order valence-electron chi connectivity index (χ1n) is 9.71. The predicted octanol–water partition coefficient (Wildman–Crippen LogP) is 3.11. The van der Waals surface area contributed by atoms with Crippen molar-refractivity contribution >= 4 is 21.9 Å². The molecule has 2 rings (SSSR count). The second-order valence-corrected chi connectivity index (χ2v) is 9.39. The maximum absolute atomic E-state index is 12.8. The lowest BCUT2D eigenvalue weighted by Crippen LogP contribution is -2.40. The molecule has 0 fully saturated rings. The van der Waals surface area contributed by atoms with E-state index in [2.05, 4.69) is 10.0 Å². The largest absolute Gasteiger partial charge is 0.466 e. The summed E-state index contributed by atoms with van der Waals surface area (Å²) in [7, 11) is -3.72. The summed E-state index contributed by atoms with van der Waals surface area (Å²) in [6, 6.07) is 13.4. The number of carbonyl (C=O) groups excluding carboxylic acids is 2. The number of rotatable bonds is 8. The molecule has 0 aliphatic heterocycles. The molecule has 0 unspecified atom stereocenters. The van der Waals surface area contributed by atoms with Gasteiger partial charge in [0, 0.05) is 23.2 Å². The first kappa shape index (κ1) is 23.6. The van der Waals surface area contributed by atoms with Crippen molar-refractivity contribution in [2.24, 2.45) is 0 Å². The van der Waals surface area contributed by atoms with Gasteiger partial charge in [-0.05, 0) is 51.5 Å². The minimum atomic E-state index is -3.72. The molecule has 2 N–H and O–H groups in total. The van der Waals surface area contributed by atoms with Crippen LogP contribution in [0.1, 0.15) is 44.5 Å². The molecule has 0 saturated heterocycles. The third kappa shape index (κ3) is 6.67. The molecule has 0 aliphatic rings. The van der Waals surface area contributed by atoms with Crippen LogP contribution in [0.5, 0.6) is 0 Å². The van der Waals surface area contributed by atoms with Crippen molar-refractivity contribution < 1.29 is 22.7 Å². The van der Waals surface area contributed by atoms with Gasteiger partial charge in [0.25, 0.3) is 5.91 Å². The molecule has 0 aromatic heterocycles. The molecule has 30 heavy (non-hydrogen) atoms. The van der Waals surface area contributed by atoms with E-state index in [9.17, 15) is 18.0 Å². The zero-order chi connectivity index (χ0) is 22.4. The lowest BCUT2D eigenvalue weighted by molar-refractivity contribution is -0.142. The van der Waals surface area contributed by atoms with Crippen LogP contribution in [0.15, 0.2) is 53.4 Å². The highest BCUT2D eigenvalue weighted by molar-refractivity contribution is 7.89. The summed E-state index contributed by atoms with van der Waals surface area (Å²) in [5.74, 6) is -0.684. The van der Waals surface area contributed by atoms with Crippen LogP contribution in [-0.4, -0.2) is 39.0 Å². The Morgan fingerprint density at radius 1 is 1.00 bits per heavy atom. The summed E-state index contributed by atoms with van der Waals surface area (Å²) < 4.78 is 33.1. The van der Waals surface area contributed by atoms with Crippen molar-refractivity contribution in [1.82, 2.24) is 10.0 Å². The van der Waals surface area contributed by atoms with Gasteiger partial charge in [0.05, 0.1) is 17.9 Å². The quantitative estimate of drug-likeness (QED) is 0.624. The van der Waals surface area contributed by atoms with Crippen molar-refractivity contribution in [2.45, 2.75) is 44.6 Å². The molecule has 7 nitrogen and oxygen atoms in total. The van der Waals surface area contributed by atoms with Crippen molar-refractivity contribution in [3.8, 4) is 11.1 Å². The fraction of sp³-hybridized carbons (Fsp3) is 0.364.